The lowest BCUT2D eigenvalue weighted by molar-refractivity contribution is 0.608. The zero-order valence-electron chi connectivity index (χ0n) is 10.7. The molecule has 0 saturated heterocycles. The molecule has 1 N–H and O–H groups in total. The Morgan fingerprint density at radius 2 is 1.89 bits per heavy atom. The van der Waals surface area contributed by atoms with Gasteiger partial charge in [0.1, 0.15) is 5.82 Å². The third kappa shape index (κ3) is 2.80. The first kappa shape index (κ1) is 12.4. The minimum atomic E-state index is -0.158. The van der Waals surface area contributed by atoms with Gasteiger partial charge in [-0.05, 0) is 24.3 Å². The maximum absolute atomic E-state index is 13.6. The smallest absolute Gasteiger partial charge is 0.128 e. The highest BCUT2D eigenvalue weighted by Gasteiger charge is 2.06. The van der Waals surface area contributed by atoms with Gasteiger partial charge in [-0.2, -0.15) is 0 Å². The summed E-state index contributed by atoms with van der Waals surface area (Å²) in [6, 6.07) is 14.9. The minimum absolute atomic E-state index is 0.158. The van der Waals surface area contributed by atoms with E-state index < -0.39 is 0 Å². The van der Waals surface area contributed by atoms with Crippen LogP contribution in [0.1, 0.15) is 5.56 Å². The van der Waals surface area contributed by atoms with Crippen LogP contribution in [-0.4, -0.2) is 14.1 Å². The quantitative estimate of drug-likeness (QED) is 0.885. The lowest BCUT2D eigenvalue weighted by Gasteiger charge is -2.20. The molecule has 0 unspecified atom stereocenters. The van der Waals surface area contributed by atoms with Crippen LogP contribution in [0.15, 0.2) is 48.5 Å². The number of anilines is 2. The van der Waals surface area contributed by atoms with Crippen LogP contribution in [0.2, 0.25) is 0 Å². The van der Waals surface area contributed by atoms with Gasteiger partial charge in [0.25, 0.3) is 0 Å². The number of nitrogens with one attached hydrogen (secondary N) is 1. The molecule has 0 aromatic heterocycles. The van der Waals surface area contributed by atoms with E-state index in [0.717, 1.165) is 11.4 Å². The summed E-state index contributed by atoms with van der Waals surface area (Å²) < 4.78 is 13.6. The molecule has 2 aromatic rings. The van der Waals surface area contributed by atoms with Crippen LogP contribution in [0.4, 0.5) is 15.8 Å². The minimum Gasteiger partial charge on any atom is -0.388 e. The van der Waals surface area contributed by atoms with Gasteiger partial charge in [-0.25, -0.2) is 4.39 Å². The molecule has 0 amide bonds. The van der Waals surface area contributed by atoms with Crippen molar-refractivity contribution in [2.24, 2.45) is 0 Å². The van der Waals surface area contributed by atoms with Gasteiger partial charge in [-0.15, -0.1) is 0 Å². The molecule has 0 bridgehead atoms. The molecule has 2 rings (SSSR count). The fourth-order valence-electron chi connectivity index (χ4n) is 1.87. The second-order valence-electron chi connectivity index (χ2n) is 4.25. The van der Waals surface area contributed by atoms with E-state index in [1.807, 2.05) is 55.4 Å². The number of nitrogens with zero attached hydrogens (tertiary/aromatic N) is 1. The van der Waals surface area contributed by atoms with Gasteiger partial charge in [0.05, 0.1) is 0 Å². The molecule has 0 aliphatic rings. The molecular formula is C15H17FN2. The fraction of sp³-hybridized carbons (Fsp3) is 0.200. The number of halogens is 1. The number of benzene rings is 2. The van der Waals surface area contributed by atoms with Gasteiger partial charge in [0, 0.05) is 37.6 Å². The first-order valence-electron chi connectivity index (χ1n) is 5.93. The Balaban J connectivity index is 2.16. The summed E-state index contributed by atoms with van der Waals surface area (Å²) >= 11 is 0. The van der Waals surface area contributed by atoms with Crippen molar-refractivity contribution >= 4 is 11.4 Å². The predicted molar refractivity (Wildman–Crippen MR) is 74.5 cm³/mol. The second kappa shape index (κ2) is 5.54. The molecule has 0 atom stereocenters. The van der Waals surface area contributed by atoms with E-state index in [0.29, 0.717) is 12.1 Å². The molecule has 0 saturated carbocycles. The lowest BCUT2D eigenvalue weighted by atomic mass is 10.2. The first-order valence-corrected chi connectivity index (χ1v) is 5.93. The Morgan fingerprint density at radius 3 is 2.61 bits per heavy atom. The molecule has 0 radical (unpaired) electrons. The van der Waals surface area contributed by atoms with Gasteiger partial charge in [0.15, 0.2) is 0 Å². The van der Waals surface area contributed by atoms with Gasteiger partial charge in [-0.1, -0.05) is 24.3 Å². The zero-order chi connectivity index (χ0) is 13.0. The third-order valence-electron chi connectivity index (χ3n) is 2.94. The number of hydrogen-bond donors (Lipinski definition) is 1. The summed E-state index contributed by atoms with van der Waals surface area (Å²) in [6.07, 6.45) is 0. The average Bonchev–Trinajstić information content (AvgIpc) is 2.41. The van der Waals surface area contributed by atoms with Crippen LogP contribution in [0.3, 0.4) is 0 Å². The van der Waals surface area contributed by atoms with Crippen LogP contribution < -0.4 is 10.2 Å². The van der Waals surface area contributed by atoms with E-state index in [4.69, 9.17) is 0 Å². The number of hydrogen-bond acceptors (Lipinski definition) is 2. The van der Waals surface area contributed by atoms with Crippen molar-refractivity contribution < 1.29 is 4.39 Å². The van der Waals surface area contributed by atoms with E-state index >= 15 is 0 Å². The van der Waals surface area contributed by atoms with E-state index in [2.05, 4.69) is 5.32 Å². The van der Waals surface area contributed by atoms with Crippen molar-refractivity contribution in [3.05, 3.63) is 59.9 Å². The highest BCUT2D eigenvalue weighted by atomic mass is 19.1. The molecule has 0 heterocycles. The maximum atomic E-state index is 13.6. The molecule has 0 aliphatic carbocycles. The van der Waals surface area contributed by atoms with E-state index in [1.54, 1.807) is 6.07 Å². The highest BCUT2D eigenvalue weighted by molar-refractivity contribution is 5.57. The molecule has 94 valence electrons. The molecule has 2 nitrogen and oxygen atoms in total. The average molecular weight is 244 g/mol. The summed E-state index contributed by atoms with van der Waals surface area (Å²) in [5.41, 5.74) is 2.81. The van der Waals surface area contributed by atoms with Crippen LogP contribution in [0, 0.1) is 5.82 Å². The van der Waals surface area contributed by atoms with Gasteiger partial charge < -0.3 is 10.2 Å². The Labute approximate surface area is 107 Å². The van der Waals surface area contributed by atoms with Crippen molar-refractivity contribution in [1.82, 2.24) is 0 Å². The number of rotatable bonds is 4. The third-order valence-corrected chi connectivity index (χ3v) is 2.94. The van der Waals surface area contributed by atoms with Crippen molar-refractivity contribution in [3.63, 3.8) is 0 Å². The largest absolute Gasteiger partial charge is 0.388 e. The van der Waals surface area contributed by atoms with Crippen LogP contribution >= 0.6 is 0 Å². The van der Waals surface area contributed by atoms with Crippen molar-refractivity contribution in [3.8, 4) is 0 Å². The zero-order valence-corrected chi connectivity index (χ0v) is 10.7. The van der Waals surface area contributed by atoms with E-state index in [-0.39, 0.29) is 5.82 Å². The van der Waals surface area contributed by atoms with Crippen LogP contribution in [-0.2, 0) is 6.54 Å². The van der Waals surface area contributed by atoms with Crippen LogP contribution in [0.25, 0.3) is 0 Å². The van der Waals surface area contributed by atoms with E-state index in [9.17, 15) is 4.39 Å². The molecule has 3 heteroatoms. The molecule has 2 aromatic carbocycles. The van der Waals surface area contributed by atoms with E-state index in [1.165, 1.54) is 6.07 Å². The Hall–Kier alpha value is -2.03. The monoisotopic (exact) mass is 244 g/mol. The van der Waals surface area contributed by atoms with Gasteiger partial charge in [-0.3, -0.25) is 0 Å². The summed E-state index contributed by atoms with van der Waals surface area (Å²) in [7, 11) is 3.84. The summed E-state index contributed by atoms with van der Waals surface area (Å²) in [5, 5.41) is 3.10. The van der Waals surface area contributed by atoms with Gasteiger partial charge >= 0.3 is 0 Å². The van der Waals surface area contributed by atoms with Crippen molar-refractivity contribution in [2.45, 2.75) is 6.54 Å². The standard InChI is InChI=1S/C15H17FN2/c1-17-13-7-5-8-14(10-13)18(2)11-12-6-3-4-9-15(12)16/h3-10,17H,11H2,1-2H3. The van der Waals surface area contributed by atoms with Gasteiger partial charge in [0.2, 0.25) is 0 Å². The molecule has 0 fully saturated rings. The van der Waals surface area contributed by atoms with Crippen molar-refractivity contribution in [2.75, 3.05) is 24.3 Å². The summed E-state index contributed by atoms with van der Waals surface area (Å²) in [4.78, 5) is 2.03. The normalized spacial score (nSPS) is 10.2. The second-order valence-corrected chi connectivity index (χ2v) is 4.25. The molecule has 0 aliphatic heterocycles. The SMILES string of the molecule is CNc1cccc(N(C)Cc2ccccc2F)c1. The maximum Gasteiger partial charge on any atom is 0.128 e. The Kier molecular flexibility index (Phi) is 3.82. The Morgan fingerprint density at radius 1 is 1.11 bits per heavy atom. The summed E-state index contributed by atoms with van der Waals surface area (Å²) in [6.45, 7) is 0.555. The Bertz CT molecular complexity index is 525. The highest BCUT2D eigenvalue weighted by Crippen LogP contribution is 2.20. The fourth-order valence-corrected chi connectivity index (χ4v) is 1.87. The predicted octanol–water partition coefficient (Wildman–Crippen LogP) is 3.50. The molecular weight excluding hydrogens is 227 g/mol. The molecule has 18 heavy (non-hydrogen) atoms. The molecule has 0 spiro atoms. The first-order chi connectivity index (χ1) is 8.70. The van der Waals surface area contributed by atoms with Crippen LogP contribution in [0.5, 0.6) is 0 Å². The lowest BCUT2D eigenvalue weighted by Crippen LogP contribution is -2.17. The topological polar surface area (TPSA) is 15.3 Å². The van der Waals surface area contributed by atoms with Crippen molar-refractivity contribution in [1.29, 1.82) is 0 Å². The summed E-state index contributed by atoms with van der Waals surface area (Å²) in [5.74, 6) is -0.158.